The van der Waals surface area contributed by atoms with E-state index in [9.17, 15) is 4.79 Å². The van der Waals surface area contributed by atoms with Crippen molar-refractivity contribution >= 4 is 17.2 Å². The van der Waals surface area contributed by atoms with Gasteiger partial charge in [0.15, 0.2) is 11.5 Å². The zero-order chi connectivity index (χ0) is 17.5. The molecule has 0 spiro atoms. The second kappa shape index (κ2) is 8.65. The van der Waals surface area contributed by atoms with Crippen LogP contribution in [0.4, 0.5) is 0 Å². The number of rotatable bonds is 8. The van der Waals surface area contributed by atoms with Gasteiger partial charge in [0.25, 0.3) is 5.91 Å². The van der Waals surface area contributed by atoms with Crippen molar-refractivity contribution in [2.75, 3.05) is 33.9 Å². The number of amides is 1. The van der Waals surface area contributed by atoms with Crippen LogP contribution in [0.25, 0.3) is 10.6 Å². The van der Waals surface area contributed by atoms with E-state index >= 15 is 0 Å². The number of aromatic nitrogens is 1. The van der Waals surface area contributed by atoms with Crippen molar-refractivity contribution < 1.29 is 14.3 Å². The molecular formula is C17H23N3O3S. The molecule has 6 nitrogen and oxygen atoms in total. The van der Waals surface area contributed by atoms with Crippen molar-refractivity contribution in [1.82, 2.24) is 15.6 Å². The number of methoxy groups -OCH3 is 2. The molecule has 0 aliphatic heterocycles. The zero-order valence-corrected chi connectivity index (χ0v) is 15.3. The molecule has 0 bridgehead atoms. The SMILES string of the molecule is CCNCCNC(=O)c1sc(-c2ccc(OC)c(OC)c2)nc1C. The number of hydrogen-bond acceptors (Lipinski definition) is 6. The standard InChI is InChI=1S/C17H23N3O3S/c1-5-18-8-9-19-16(21)15-11(2)20-17(24-15)12-6-7-13(22-3)14(10-12)23-4/h6-7,10,18H,5,8-9H2,1-4H3,(H,19,21). The highest BCUT2D eigenvalue weighted by Crippen LogP contribution is 2.34. The van der Waals surface area contributed by atoms with Crippen LogP contribution in [-0.4, -0.2) is 44.7 Å². The third-order valence-corrected chi connectivity index (χ3v) is 4.68. The van der Waals surface area contributed by atoms with E-state index in [2.05, 4.69) is 15.6 Å². The topological polar surface area (TPSA) is 72.5 Å². The van der Waals surface area contributed by atoms with E-state index in [1.165, 1.54) is 11.3 Å². The van der Waals surface area contributed by atoms with Gasteiger partial charge in [0.1, 0.15) is 9.88 Å². The van der Waals surface area contributed by atoms with E-state index in [0.717, 1.165) is 29.4 Å². The number of likely N-dealkylation sites (N-methyl/N-ethyl adjacent to an activating group) is 1. The minimum atomic E-state index is -0.0883. The minimum Gasteiger partial charge on any atom is -0.493 e. The summed E-state index contributed by atoms with van der Waals surface area (Å²) in [4.78, 5) is 17.4. The van der Waals surface area contributed by atoms with Gasteiger partial charge < -0.3 is 20.1 Å². The van der Waals surface area contributed by atoms with Gasteiger partial charge in [-0.15, -0.1) is 11.3 Å². The lowest BCUT2D eigenvalue weighted by atomic mass is 10.2. The lowest BCUT2D eigenvalue weighted by Crippen LogP contribution is -2.31. The van der Waals surface area contributed by atoms with Crippen molar-refractivity contribution in [3.05, 3.63) is 28.8 Å². The van der Waals surface area contributed by atoms with Gasteiger partial charge in [0.05, 0.1) is 19.9 Å². The van der Waals surface area contributed by atoms with Crippen LogP contribution < -0.4 is 20.1 Å². The van der Waals surface area contributed by atoms with Gasteiger partial charge in [0.2, 0.25) is 0 Å². The largest absolute Gasteiger partial charge is 0.493 e. The Balaban J connectivity index is 2.17. The molecule has 1 aromatic carbocycles. The van der Waals surface area contributed by atoms with Crippen LogP contribution in [-0.2, 0) is 0 Å². The Morgan fingerprint density at radius 1 is 1.21 bits per heavy atom. The van der Waals surface area contributed by atoms with Gasteiger partial charge in [-0.3, -0.25) is 4.79 Å². The van der Waals surface area contributed by atoms with Crippen LogP contribution in [0.3, 0.4) is 0 Å². The Labute approximate surface area is 146 Å². The van der Waals surface area contributed by atoms with Crippen molar-refractivity contribution in [3.63, 3.8) is 0 Å². The molecule has 2 aromatic rings. The third kappa shape index (κ3) is 4.24. The van der Waals surface area contributed by atoms with Gasteiger partial charge in [-0.25, -0.2) is 4.98 Å². The Kier molecular flexibility index (Phi) is 6.57. The summed E-state index contributed by atoms with van der Waals surface area (Å²) in [6, 6.07) is 5.61. The predicted octanol–water partition coefficient (Wildman–Crippen LogP) is 2.48. The Bertz CT molecular complexity index is 700. The van der Waals surface area contributed by atoms with Crippen LogP contribution >= 0.6 is 11.3 Å². The molecule has 130 valence electrons. The maximum atomic E-state index is 12.3. The van der Waals surface area contributed by atoms with E-state index in [1.54, 1.807) is 14.2 Å². The molecule has 1 heterocycles. The van der Waals surface area contributed by atoms with Gasteiger partial charge in [-0.2, -0.15) is 0 Å². The first kappa shape index (κ1) is 18.2. The normalized spacial score (nSPS) is 10.5. The first-order valence-corrected chi connectivity index (χ1v) is 8.61. The highest BCUT2D eigenvalue weighted by Gasteiger charge is 2.17. The van der Waals surface area contributed by atoms with Gasteiger partial charge in [-0.1, -0.05) is 6.92 Å². The number of carbonyl (C=O) groups is 1. The van der Waals surface area contributed by atoms with E-state index < -0.39 is 0 Å². The summed E-state index contributed by atoms with van der Waals surface area (Å²) >= 11 is 1.38. The van der Waals surface area contributed by atoms with Crippen LogP contribution in [0.1, 0.15) is 22.3 Å². The third-order valence-electron chi connectivity index (χ3n) is 3.47. The second-order valence-corrected chi connectivity index (χ2v) is 6.11. The number of hydrogen-bond donors (Lipinski definition) is 2. The molecule has 0 atom stereocenters. The number of nitrogens with one attached hydrogen (secondary N) is 2. The van der Waals surface area contributed by atoms with Crippen LogP contribution in [0.2, 0.25) is 0 Å². The van der Waals surface area contributed by atoms with E-state index in [-0.39, 0.29) is 5.91 Å². The summed E-state index contributed by atoms with van der Waals surface area (Å²) in [6.45, 7) is 6.11. The van der Waals surface area contributed by atoms with E-state index in [1.807, 2.05) is 32.0 Å². The van der Waals surface area contributed by atoms with Crippen LogP contribution in [0.5, 0.6) is 11.5 Å². The average molecular weight is 349 g/mol. The van der Waals surface area contributed by atoms with Crippen LogP contribution in [0.15, 0.2) is 18.2 Å². The highest BCUT2D eigenvalue weighted by atomic mass is 32.1. The first-order valence-electron chi connectivity index (χ1n) is 7.79. The molecule has 0 saturated carbocycles. The Hall–Kier alpha value is -2.12. The molecule has 0 unspecified atom stereocenters. The summed E-state index contributed by atoms with van der Waals surface area (Å²) in [5.41, 5.74) is 1.62. The van der Waals surface area contributed by atoms with Gasteiger partial charge in [-0.05, 0) is 31.7 Å². The Morgan fingerprint density at radius 3 is 2.62 bits per heavy atom. The molecule has 2 rings (SSSR count). The summed E-state index contributed by atoms with van der Waals surface area (Å²) in [5, 5.41) is 6.86. The second-order valence-electron chi connectivity index (χ2n) is 5.11. The van der Waals surface area contributed by atoms with Gasteiger partial charge in [0, 0.05) is 18.7 Å². The monoisotopic (exact) mass is 349 g/mol. The van der Waals surface area contributed by atoms with Crippen molar-refractivity contribution in [2.45, 2.75) is 13.8 Å². The molecule has 0 radical (unpaired) electrons. The fourth-order valence-corrected chi connectivity index (χ4v) is 3.20. The molecule has 1 aromatic heterocycles. The summed E-state index contributed by atoms with van der Waals surface area (Å²) in [5.74, 6) is 1.21. The molecule has 0 aliphatic carbocycles. The first-order chi connectivity index (χ1) is 11.6. The lowest BCUT2D eigenvalue weighted by Gasteiger charge is -2.08. The predicted molar refractivity (Wildman–Crippen MR) is 96.3 cm³/mol. The fourth-order valence-electron chi connectivity index (χ4n) is 2.22. The average Bonchev–Trinajstić information content (AvgIpc) is 2.99. The van der Waals surface area contributed by atoms with Crippen LogP contribution in [0, 0.1) is 6.92 Å². The smallest absolute Gasteiger partial charge is 0.263 e. The number of thiazole rings is 1. The fraction of sp³-hybridized carbons (Fsp3) is 0.412. The van der Waals surface area contributed by atoms with E-state index in [4.69, 9.17) is 9.47 Å². The highest BCUT2D eigenvalue weighted by molar-refractivity contribution is 7.17. The molecule has 2 N–H and O–H groups in total. The number of ether oxygens (including phenoxy) is 2. The molecule has 1 amide bonds. The number of carbonyl (C=O) groups excluding carboxylic acids is 1. The van der Waals surface area contributed by atoms with E-state index in [0.29, 0.717) is 22.9 Å². The summed E-state index contributed by atoms with van der Waals surface area (Å²) in [6.07, 6.45) is 0. The van der Waals surface area contributed by atoms with Crippen molar-refractivity contribution in [2.24, 2.45) is 0 Å². The van der Waals surface area contributed by atoms with Gasteiger partial charge >= 0.3 is 0 Å². The summed E-state index contributed by atoms with van der Waals surface area (Å²) < 4.78 is 10.6. The quantitative estimate of drug-likeness (QED) is 0.716. The number of aryl methyl sites for hydroxylation is 1. The molecular weight excluding hydrogens is 326 g/mol. The summed E-state index contributed by atoms with van der Waals surface area (Å²) in [7, 11) is 3.19. The van der Waals surface area contributed by atoms with Crippen molar-refractivity contribution in [3.8, 4) is 22.1 Å². The van der Waals surface area contributed by atoms with Crippen molar-refractivity contribution in [1.29, 1.82) is 0 Å². The maximum absolute atomic E-state index is 12.3. The maximum Gasteiger partial charge on any atom is 0.263 e. The lowest BCUT2D eigenvalue weighted by molar-refractivity contribution is 0.0957. The molecule has 0 aliphatic rings. The molecule has 0 fully saturated rings. The Morgan fingerprint density at radius 2 is 1.96 bits per heavy atom. The molecule has 24 heavy (non-hydrogen) atoms. The molecule has 7 heteroatoms. The zero-order valence-electron chi connectivity index (χ0n) is 14.4. The number of benzene rings is 1. The minimum absolute atomic E-state index is 0.0883. The molecule has 0 saturated heterocycles. The number of nitrogens with zero attached hydrogens (tertiary/aromatic N) is 1.